The molecule has 0 saturated carbocycles. The van der Waals surface area contributed by atoms with E-state index in [1.807, 2.05) is 12.1 Å². The van der Waals surface area contributed by atoms with Gasteiger partial charge in [-0.05, 0) is 32.1 Å². The van der Waals surface area contributed by atoms with Crippen molar-refractivity contribution in [2.45, 2.75) is 26.8 Å². The van der Waals surface area contributed by atoms with Gasteiger partial charge in [-0.15, -0.1) is 0 Å². The van der Waals surface area contributed by atoms with E-state index < -0.39 is 0 Å². The van der Waals surface area contributed by atoms with E-state index in [1.54, 1.807) is 6.20 Å². The molecule has 0 aliphatic rings. The van der Waals surface area contributed by atoms with Crippen LogP contribution in [-0.2, 0) is 0 Å². The zero-order valence-electron chi connectivity index (χ0n) is 10.2. The van der Waals surface area contributed by atoms with E-state index in [0.29, 0.717) is 11.2 Å². The number of nitrogens with zero attached hydrogens (tertiary/aromatic N) is 2. The molecule has 0 aliphatic heterocycles. The Bertz CT molecular complexity index is 313. The molecule has 4 heteroatoms. The minimum atomic E-state index is 0.516. The molecule has 1 rings (SSSR count). The van der Waals surface area contributed by atoms with Gasteiger partial charge < -0.3 is 5.32 Å². The molecule has 1 unspecified atom stereocenters. The fourth-order valence-corrected chi connectivity index (χ4v) is 1.93. The average molecular weight is 242 g/mol. The zero-order chi connectivity index (χ0) is 12.0. The highest BCUT2D eigenvalue weighted by Crippen LogP contribution is 2.12. The van der Waals surface area contributed by atoms with Crippen molar-refractivity contribution >= 4 is 17.3 Å². The Balaban J connectivity index is 2.45. The molecular formula is C12H20ClN3. The fraction of sp³-hybridized carbons (Fsp3) is 0.583. The van der Waals surface area contributed by atoms with Gasteiger partial charge in [0, 0.05) is 24.5 Å². The highest BCUT2D eigenvalue weighted by atomic mass is 35.5. The highest BCUT2D eigenvalue weighted by molar-refractivity contribution is 6.29. The molecule has 0 spiro atoms. The lowest BCUT2D eigenvalue weighted by atomic mass is 10.2. The Morgan fingerprint density at radius 2 is 2.12 bits per heavy atom. The van der Waals surface area contributed by atoms with E-state index in [4.69, 9.17) is 11.6 Å². The molecule has 1 heterocycles. The smallest absolute Gasteiger partial charge is 0.131 e. The van der Waals surface area contributed by atoms with Crippen LogP contribution in [0.2, 0.25) is 5.15 Å². The monoisotopic (exact) mass is 241 g/mol. The minimum Gasteiger partial charge on any atom is -0.383 e. The summed E-state index contributed by atoms with van der Waals surface area (Å²) in [6.07, 6.45) is 1.72. The zero-order valence-corrected chi connectivity index (χ0v) is 11.0. The first kappa shape index (κ1) is 13.3. The molecule has 0 aliphatic carbocycles. The van der Waals surface area contributed by atoms with Crippen LogP contribution in [0.4, 0.5) is 5.69 Å². The molecule has 0 bridgehead atoms. The molecule has 1 aromatic heterocycles. The van der Waals surface area contributed by atoms with Crippen LogP contribution in [0.15, 0.2) is 18.3 Å². The second-order valence-electron chi connectivity index (χ2n) is 3.82. The predicted molar refractivity (Wildman–Crippen MR) is 70.1 cm³/mol. The second-order valence-corrected chi connectivity index (χ2v) is 4.21. The quantitative estimate of drug-likeness (QED) is 0.777. The second kappa shape index (κ2) is 6.71. The number of halogens is 1. The van der Waals surface area contributed by atoms with Crippen LogP contribution in [0.1, 0.15) is 20.8 Å². The van der Waals surface area contributed by atoms with Crippen molar-refractivity contribution in [3.63, 3.8) is 0 Å². The van der Waals surface area contributed by atoms with Gasteiger partial charge in [-0.3, -0.25) is 4.90 Å². The largest absolute Gasteiger partial charge is 0.383 e. The van der Waals surface area contributed by atoms with Crippen LogP contribution in [-0.4, -0.2) is 35.6 Å². The van der Waals surface area contributed by atoms with Crippen molar-refractivity contribution in [2.24, 2.45) is 0 Å². The molecule has 1 N–H and O–H groups in total. The van der Waals surface area contributed by atoms with E-state index in [2.05, 4.69) is 36.0 Å². The van der Waals surface area contributed by atoms with Gasteiger partial charge in [0.25, 0.3) is 0 Å². The lowest BCUT2D eigenvalue weighted by Gasteiger charge is -2.26. The molecule has 3 nitrogen and oxygen atoms in total. The van der Waals surface area contributed by atoms with Crippen LogP contribution in [0, 0.1) is 0 Å². The number of aromatic nitrogens is 1. The molecule has 0 fully saturated rings. The van der Waals surface area contributed by atoms with Gasteiger partial charge in [0.1, 0.15) is 5.15 Å². The number of hydrogen-bond donors (Lipinski definition) is 1. The summed E-state index contributed by atoms with van der Waals surface area (Å²) < 4.78 is 0. The van der Waals surface area contributed by atoms with Gasteiger partial charge in [0.15, 0.2) is 0 Å². The first-order valence-corrected chi connectivity index (χ1v) is 6.14. The number of likely N-dealkylation sites (N-methyl/N-ethyl adjacent to an activating group) is 1. The molecule has 0 saturated heterocycles. The van der Waals surface area contributed by atoms with Gasteiger partial charge in [-0.2, -0.15) is 0 Å². The SMILES string of the molecule is CCN(CC)C(C)CNc1ccnc(Cl)c1. The van der Waals surface area contributed by atoms with Crippen molar-refractivity contribution in [2.75, 3.05) is 25.0 Å². The number of anilines is 1. The van der Waals surface area contributed by atoms with Crippen molar-refractivity contribution in [1.82, 2.24) is 9.88 Å². The topological polar surface area (TPSA) is 28.2 Å². The molecule has 1 aromatic rings. The predicted octanol–water partition coefficient (Wildman–Crippen LogP) is 2.88. The van der Waals surface area contributed by atoms with Crippen molar-refractivity contribution in [3.05, 3.63) is 23.5 Å². The molecule has 0 radical (unpaired) electrons. The van der Waals surface area contributed by atoms with E-state index in [9.17, 15) is 0 Å². The minimum absolute atomic E-state index is 0.516. The summed E-state index contributed by atoms with van der Waals surface area (Å²) in [6, 6.07) is 4.29. The van der Waals surface area contributed by atoms with Crippen LogP contribution in [0.25, 0.3) is 0 Å². The van der Waals surface area contributed by atoms with E-state index in [0.717, 1.165) is 25.3 Å². The Kier molecular flexibility index (Phi) is 5.56. The molecule has 1 atom stereocenters. The van der Waals surface area contributed by atoms with Gasteiger partial charge >= 0.3 is 0 Å². The number of pyridine rings is 1. The number of nitrogens with one attached hydrogen (secondary N) is 1. The van der Waals surface area contributed by atoms with Crippen molar-refractivity contribution in [1.29, 1.82) is 0 Å². The summed E-state index contributed by atoms with van der Waals surface area (Å²) in [6.45, 7) is 9.67. The van der Waals surface area contributed by atoms with Gasteiger partial charge in [0.2, 0.25) is 0 Å². The van der Waals surface area contributed by atoms with Gasteiger partial charge in [-0.1, -0.05) is 25.4 Å². The fourth-order valence-electron chi connectivity index (χ4n) is 1.75. The molecule has 0 amide bonds. The van der Waals surface area contributed by atoms with Crippen molar-refractivity contribution in [3.8, 4) is 0 Å². The first-order valence-electron chi connectivity index (χ1n) is 5.76. The van der Waals surface area contributed by atoms with Crippen LogP contribution >= 0.6 is 11.6 Å². The van der Waals surface area contributed by atoms with Gasteiger partial charge in [-0.25, -0.2) is 4.98 Å². The molecule has 0 aromatic carbocycles. The summed E-state index contributed by atoms with van der Waals surface area (Å²) in [7, 11) is 0. The standard InChI is InChI=1S/C12H20ClN3/c1-4-16(5-2)10(3)9-15-11-6-7-14-12(13)8-11/h6-8,10H,4-5,9H2,1-3H3,(H,14,15). The normalized spacial score (nSPS) is 12.8. The van der Waals surface area contributed by atoms with E-state index >= 15 is 0 Å². The molecule has 90 valence electrons. The van der Waals surface area contributed by atoms with Crippen LogP contribution in [0.5, 0.6) is 0 Å². The number of rotatable bonds is 6. The lowest BCUT2D eigenvalue weighted by molar-refractivity contribution is 0.240. The Hall–Kier alpha value is -0.800. The summed E-state index contributed by atoms with van der Waals surface area (Å²) in [5.74, 6) is 0. The number of hydrogen-bond acceptors (Lipinski definition) is 3. The highest BCUT2D eigenvalue weighted by Gasteiger charge is 2.09. The maximum absolute atomic E-state index is 5.82. The molecular weight excluding hydrogens is 222 g/mol. The van der Waals surface area contributed by atoms with E-state index in [-0.39, 0.29) is 0 Å². The lowest BCUT2D eigenvalue weighted by Crippen LogP contribution is -2.37. The third kappa shape index (κ3) is 3.99. The maximum atomic E-state index is 5.82. The van der Waals surface area contributed by atoms with Crippen LogP contribution in [0.3, 0.4) is 0 Å². The Morgan fingerprint density at radius 1 is 1.44 bits per heavy atom. The third-order valence-electron chi connectivity index (χ3n) is 2.76. The maximum Gasteiger partial charge on any atom is 0.131 e. The summed E-state index contributed by atoms with van der Waals surface area (Å²) in [5.41, 5.74) is 1.03. The summed E-state index contributed by atoms with van der Waals surface area (Å²) in [5, 5.41) is 3.90. The van der Waals surface area contributed by atoms with Crippen LogP contribution < -0.4 is 5.32 Å². The van der Waals surface area contributed by atoms with Crippen molar-refractivity contribution < 1.29 is 0 Å². The summed E-state index contributed by atoms with van der Waals surface area (Å²) in [4.78, 5) is 6.36. The Labute approximate surface area is 103 Å². The molecule has 16 heavy (non-hydrogen) atoms. The first-order chi connectivity index (χ1) is 7.67. The van der Waals surface area contributed by atoms with E-state index in [1.165, 1.54) is 0 Å². The Morgan fingerprint density at radius 3 is 2.69 bits per heavy atom. The summed E-state index contributed by atoms with van der Waals surface area (Å²) >= 11 is 5.82. The average Bonchev–Trinajstić information content (AvgIpc) is 2.28. The van der Waals surface area contributed by atoms with Gasteiger partial charge in [0.05, 0.1) is 0 Å². The third-order valence-corrected chi connectivity index (χ3v) is 2.97.